The van der Waals surface area contributed by atoms with Crippen LogP contribution < -0.4 is 4.74 Å². The summed E-state index contributed by atoms with van der Waals surface area (Å²) in [7, 11) is 0. The Hall–Kier alpha value is -3.01. The normalized spacial score (nSPS) is 15.0. The molecule has 0 aliphatic carbocycles. The molecule has 0 radical (unpaired) electrons. The zero-order chi connectivity index (χ0) is 18.0. The molecule has 1 heterocycles. The van der Waals surface area contributed by atoms with Gasteiger partial charge in [-0.25, -0.2) is 0 Å². The Balaban J connectivity index is 0.000000415. The van der Waals surface area contributed by atoms with Crippen LogP contribution in [-0.2, 0) is 11.2 Å². The van der Waals surface area contributed by atoms with E-state index < -0.39 is 5.97 Å². The molecule has 1 aliphatic rings. The highest BCUT2D eigenvalue weighted by molar-refractivity contribution is 5.95. The van der Waals surface area contributed by atoms with Crippen LogP contribution in [0.1, 0.15) is 29.7 Å². The van der Waals surface area contributed by atoms with Gasteiger partial charge < -0.3 is 14.9 Å². The quantitative estimate of drug-likeness (QED) is 0.680. The summed E-state index contributed by atoms with van der Waals surface area (Å²) in [6.07, 6.45) is 0.703. The maximum atomic E-state index is 10.5. The van der Waals surface area contributed by atoms with Gasteiger partial charge in [0.15, 0.2) is 0 Å². The minimum absolute atomic E-state index is 0.0164. The number of aliphatic carboxylic acids is 1. The molecule has 0 saturated heterocycles. The molecular weight excluding hydrogens is 316 g/mol. The van der Waals surface area contributed by atoms with E-state index in [9.17, 15) is 5.11 Å². The Morgan fingerprint density at radius 3 is 2.24 bits per heavy atom. The molecule has 3 aromatic carbocycles. The third kappa shape index (κ3) is 3.29. The third-order valence-electron chi connectivity index (χ3n) is 4.31. The molecule has 1 aliphatic heterocycles. The van der Waals surface area contributed by atoms with E-state index in [1.54, 1.807) is 0 Å². The summed E-state index contributed by atoms with van der Waals surface area (Å²) >= 11 is 0. The molecule has 0 aromatic heterocycles. The van der Waals surface area contributed by atoms with Gasteiger partial charge in [-0.2, -0.15) is 0 Å². The maximum Gasteiger partial charge on any atom is 0.300 e. The van der Waals surface area contributed by atoms with Gasteiger partial charge in [-0.15, -0.1) is 0 Å². The number of fused-ring (bicyclic) bond motifs is 3. The van der Waals surface area contributed by atoms with Crippen LogP contribution in [0.3, 0.4) is 0 Å². The molecule has 0 fully saturated rings. The number of aromatic hydroxyl groups is 1. The van der Waals surface area contributed by atoms with Gasteiger partial charge in [-0.05, 0) is 23.4 Å². The number of carboxylic acids is 1. The van der Waals surface area contributed by atoms with Crippen LogP contribution in [0.2, 0.25) is 0 Å². The Kier molecular flexibility index (Phi) is 4.61. The van der Waals surface area contributed by atoms with Gasteiger partial charge in [0.25, 0.3) is 5.97 Å². The molecule has 2 N–H and O–H groups in total. The summed E-state index contributed by atoms with van der Waals surface area (Å²) in [6, 6.07) is 18.3. The van der Waals surface area contributed by atoms with Crippen molar-refractivity contribution in [1.82, 2.24) is 0 Å². The van der Waals surface area contributed by atoms with Crippen molar-refractivity contribution in [3.8, 4) is 11.5 Å². The Morgan fingerprint density at radius 2 is 1.60 bits per heavy atom. The van der Waals surface area contributed by atoms with E-state index in [1.165, 1.54) is 0 Å². The minimum atomic E-state index is -0.833. The molecule has 3 aromatic rings. The molecule has 0 bridgehead atoms. The van der Waals surface area contributed by atoms with Crippen LogP contribution in [0.25, 0.3) is 10.8 Å². The monoisotopic (exact) mass is 336 g/mol. The highest BCUT2D eigenvalue weighted by atomic mass is 16.5. The van der Waals surface area contributed by atoms with Crippen LogP contribution in [0.4, 0.5) is 0 Å². The van der Waals surface area contributed by atoms with Gasteiger partial charge in [-0.1, -0.05) is 54.6 Å². The predicted molar refractivity (Wildman–Crippen MR) is 97.2 cm³/mol. The van der Waals surface area contributed by atoms with Crippen molar-refractivity contribution >= 4 is 16.7 Å². The van der Waals surface area contributed by atoms with E-state index in [2.05, 4.69) is 18.2 Å². The molecule has 4 nitrogen and oxygen atoms in total. The fourth-order valence-electron chi connectivity index (χ4n) is 3.18. The summed E-state index contributed by atoms with van der Waals surface area (Å²) in [5, 5.41) is 20.1. The first kappa shape index (κ1) is 16.8. The van der Waals surface area contributed by atoms with Crippen LogP contribution >= 0.6 is 0 Å². The van der Waals surface area contributed by atoms with Gasteiger partial charge in [0.05, 0.1) is 0 Å². The zero-order valence-electron chi connectivity index (χ0n) is 14.2. The first-order chi connectivity index (χ1) is 12.0. The van der Waals surface area contributed by atoms with Crippen molar-refractivity contribution in [3.05, 3.63) is 71.3 Å². The lowest BCUT2D eigenvalue weighted by atomic mass is 9.96. The smallest absolute Gasteiger partial charge is 0.300 e. The lowest BCUT2D eigenvalue weighted by Gasteiger charge is -2.12. The number of hydrogen-bond acceptors (Lipinski definition) is 3. The zero-order valence-corrected chi connectivity index (χ0v) is 14.2. The molecule has 0 saturated carbocycles. The summed E-state index contributed by atoms with van der Waals surface area (Å²) in [5.74, 6) is 0.379. The first-order valence-electron chi connectivity index (χ1n) is 8.13. The first-order valence-corrected chi connectivity index (χ1v) is 8.13. The average molecular weight is 336 g/mol. The van der Waals surface area contributed by atoms with Crippen molar-refractivity contribution in [2.24, 2.45) is 0 Å². The highest BCUT2D eigenvalue weighted by Crippen LogP contribution is 2.47. The van der Waals surface area contributed by atoms with Crippen molar-refractivity contribution in [2.75, 3.05) is 0 Å². The lowest BCUT2D eigenvalue weighted by molar-refractivity contribution is -0.134. The van der Waals surface area contributed by atoms with Gasteiger partial charge in [0.2, 0.25) is 0 Å². The fourth-order valence-corrected chi connectivity index (χ4v) is 3.18. The van der Waals surface area contributed by atoms with Gasteiger partial charge in [0, 0.05) is 24.3 Å². The molecular formula is C21H20O4. The predicted octanol–water partition coefficient (Wildman–Crippen LogP) is 4.62. The summed E-state index contributed by atoms with van der Waals surface area (Å²) in [4.78, 5) is 9.00. The summed E-state index contributed by atoms with van der Waals surface area (Å²) in [5.41, 5.74) is 3.01. The number of hydrogen-bond donors (Lipinski definition) is 2. The van der Waals surface area contributed by atoms with Gasteiger partial charge in [-0.3, -0.25) is 4.79 Å². The molecule has 4 heteroatoms. The van der Waals surface area contributed by atoms with Gasteiger partial charge >= 0.3 is 0 Å². The lowest BCUT2D eigenvalue weighted by Crippen LogP contribution is -2.02. The minimum Gasteiger partial charge on any atom is -0.507 e. The number of benzene rings is 3. The summed E-state index contributed by atoms with van der Waals surface area (Å²) < 4.78 is 6.18. The van der Waals surface area contributed by atoms with Crippen LogP contribution in [-0.4, -0.2) is 16.2 Å². The van der Waals surface area contributed by atoms with E-state index in [4.69, 9.17) is 14.6 Å². The van der Waals surface area contributed by atoms with Crippen molar-refractivity contribution in [1.29, 1.82) is 0 Å². The number of carboxylic acid groups (broad SMARTS) is 1. The number of carbonyl (C=O) groups is 1. The van der Waals surface area contributed by atoms with Crippen LogP contribution in [0, 0.1) is 6.92 Å². The van der Waals surface area contributed by atoms with Crippen LogP contribution in [0.5, 0.6) is 11.5 Å². The SMILES string of the molecule is CC(=O)O.Cc1c(O)c2c(c3ccccc13)OC(c1ccccc1)C2. The number of aryl methyl sites for hydroxylation is 1. The van der Waals surface area contributed by atoms with E-state index in [1.807, 2.05) is 43.3 Å². The number of phenolic OH excluding ortho intramolecular Hbond substituents is 1. The second kappa shape index (κ2) is 6.85. The van der Waals surface area contributed by atoms with Crippen molar-refractivity contribution < 1.29 is 19.7 Å². The molecule has 4 rings (SSSR count). The van der Waals surface area contributed by atoms with E-state index in [0.29, 0.717) is 5.75 Å². The van der Waals surface area contributed by atoms with E-state index in [0.717, 1.165) is 46.6 Å². The number of phenols is 1. The van der Waals surface area contributed by atoms with Crippen molar-refractivity contribution in [2.45, 2.75) is 26.4 Å². The molecule has 1 unspecified atom stereocenters. The fraction of sp³-hybridized carbons (Fsp3) is 0.190. The van der Waals surface area contributed by atoms with Crippen LogP contribution in [0.15, 0.2) is 54.6 Å². The van der Waals surface area contributed by atoms with E-state index in [-0.39, 0.29) is 6.10 Å². The number of rotatable bonds is 1. The van der Waals surface area contributed by atoms with E-state index >= 15 is 0 Å². The molecule has 128 valence electrons. The van der Waals surface area contributed by atoms with Crippen molar-refractivity contribution in [3.63, 3.8) is 0 Å². The summed E-state index contributed by atoms with van der Waals surface area (Å²) in [6.45, 7) is 3.05. The molecule has 1 atom stereocenters. The molecule has 0 amide bonds. The Labute approximate surface area is 146 Å². The molecule has 0 spiro atoms. The second-order valence-electron chi connectivity index (χ2n) is 6.07. The average Bonchev–Trinajstić information content (AvgIpc) is 3.06. The largest absolute Gasteiger partial charge is 0.507 e. The van der Waals surface area contributed by atoms with Gasteiger partial charge in [0.1, 0.15) is 17.6 Å². The molecule has 25 heavy (non-hydrogen) atoms. The highest BCUT2D eigenvalue weighted by Gasteiger charge is 2.30. The Bertz CT molecular complexity index is 912. The second-order valence-corrected chi connectivity index (χ2v) is 6.07. The number of ether oxygens (including phenoxy) is 1. The third-order valence-corrected chi connectivity index (χ3v) is 4.31. The maximum absolute atomic E-state index is 10.5. The topological polar surface area (TPSA) is 66.8 Å². The Morgan fingerprint density at radius 1 is 1.04 bits per heavy atom. The standard InChI is InChI=1S/C19H16O2.C2H4O2/c1-12-14-9-5-6-10-15(14)19-16(18(12)20)11-17(21-19)13-7-3-2-4-8-13;1-2(3)4/h2-10,17,20H,11H2,1H3;1H3,(H,3,4).